The summed E-state index contributed by atoms with van der Waals surface area (Å²) >= 11 is 0. The van der Waals surface area contributed by atoms with Gasteiger partial charge in [0.2, 0.25) is 17.2 Å². The summed E-state index contributed by atoms with van der Waals surface area (Å²) in [5.74, 6) is -3.56. The summed E-state index contributed by atoms with van der Waals surface area (Å²) in [5, 5.41) is 0. The third kappa shape index (κ3) is 2.49. The molecule has 1 amide bonds. The van der Waals surface area contributed by atoms with E-state index in [9.17, 15) is 19.2 Å². The van der Waals surface area contributed by atoms with Gasteiger partial charge in [0.05, 0.1) is 21.3 Å². The van der Waals surface area contributed by atoms with E-state index in [4.69, 9.17) is 14.2 Å². The molecule has 2 heterocycles. The van der Waals surface area contributed by atoms with Crippen LogP contribution < -0.4 is 0 Å². The number of allylic oxidation sites excluding steroid dienone is 1. The first-order valence-corrected chi connectivity index (χ1v) is 7.25. The lowest BCUT2D eigenvalue weighted by Crippen LogP contribution is -2.61. The van der Waals surface area contributed by atoms with Crippen LogP contribution in [-0.2, 0) is 38.1 Å². The van der Waals surface area contributed by atoms with Gasteiger partial charge in [0.15, 0.2) is 6.23 Å². The number of amides is 1. The number of hydrogen-bond acceptors (Lipinski definition) is 8. The standard InChI is InChI=1S/C15H19NO8/c1-8(17)16-11-9(5-6-10(24-11)12(18)21-2)7-15(16,13(19)22-3)14(20)23-4/h6,9,11H,5,7H2,1-4H3. The second kappa shape index (κ2) is 6.50. The van der Waals surface area contributed by atoms with Gasteiger partial charge in [0.1, 0.15) is 0 Å². The lowest BCUT2D eigenvalue weighted by atomic mass is 9.89. The molecule has 0 aromatic rings. The van der Waals surface area contributed by atoms with Crippen molar-refractivity contribution in [3.63, 3.8) is 0 Å². The van der Waals surface area contributed by atoms with Crippen LogP contribution in [0.15, 0.2) is 11.8 Å². The lowest BCUT2D eigenvalue weighted by Gasteiger charge is -2.36. The zero-order valence-corrected chi connectivity index (χ0v) is 13.9. The highest BCUT2D eigenvalue weighted by atomic mass is 16.6. The van der Waals surface area contributed by atoms with Gasteiger partial charge in [-0.25, -0.2) is 14.4 Å². The number of likely N-dealkylation sites (tertiary alicyclic amines) is 1. The molecule has 0 bridgehead atoms. The molecular formula is C15H19NO8. The minimum absolute atomic E-state index is 0.0262. The molecule has 2 rings (SSSR count). The number of carbonyl (C=O) groups excluding carboxylic acids is 4. The number of fused-ring (bicyclic) bond motifs is 1. The molecule has 2 aliphatic heterocycles. The molecule has 1 saturated heterocycles. The predicted octanol–water partition coefficient (Wildman–Crippen LogP) is -0.257. The first-order valence-electron chi connectivity index (χ1n) is 7.25. The smallest absolute Gasteiger partial charge is 0.373 e. The van der Waals surface area contributed by atoms with Gasteiger partial charge in [-0.05, 0) is 12.5 Å². The fraction of sp³-hybridized carbons (Fsp3) is 0.600. The van der Waals surface area contributed by atoms with Gasteiger partial charge in [-0.1, -0.05) is 0 Å². The molecule has 9 nitrogen and oxygen atoms in total. The average Bonchev–Trinajstić information content (AvgIpc) is 2.94. The number of rotatable bonds is 3. The molecule has 0 radical (unpaired) electrons. The second-order valence-corrected chi connectivity index (χ2v) is 5.50. The Morgan fingerprint density at radius 1 is 1.12 bits per heavy atom. The SMILES string of the molecule is COC(=O)C1=CCC2CC(C(=O)OC)(C(=O)OC)N(C(C)=O)C2O1. The highest BCUT2D eigenvalue weighted by Gasteiger charge is 2.65. The number of hydrogen-bond donors (Lipinski definition) is 0. The molecule has 0 aromatic heterocycles. The summed E-state index contributed by atoms with van der Waals surface area (Å²) < 4.78 is 19.7. The predicted molar refractivity (Wildman–Crippen MR) is 77.0 cm³/mol. The Bertz CT molecular complexity index is 595. The molecular weight excluding hydrogens is 322 g/mol. The highest BCUT2D eigenvalue weighted by molar-refractivity contribution is 6.08. The van der Waals surface area contributed by atoms with E-state index in [2.05, 4.69) is 4.74 Å². The number of ether oxygens (including phenoxy) is 4. The summed E-state index contributed by atoms with van der Waals surface area (Å²) in [4.78, 5) is 49.6. The van der Waals surface area contributed by atoms with E-state index in [1.165, 1.54) is 20.1 Å². The van der Waals surface area contributed by atoms with Crippen LogP contribution in [0.3, 0.4) is 0 Å². The second-order valence-electron chi connectivity index (χ2n) is 5.50. The minimum Gasteiger partial charge on any atom is -0.467 e. The van der Waals surface area contributed by atoms with E-state index in [-0.39, 0.29) is 18.1 Å². The molecule has 0 spiro atoms. The first-order chi connectivity index (χ1) is 11.3. The van der Waals surface area contributed by atoms with Gasteiger partial charge in [-0.3, -0.25) is 9.69 Å². The summed E-state index contributed by atoms with van der Waals surface area (Å²) in [7, 11) is 3.43. The molecule has 0 saturated carbocycles. The van der Waals surface area contributed by atoms with Crippen molar-refractivity contribution in [1.82, 2.24) is 4.90 Å². The average molecular weight is 341 g/mol. The van der Waals surface area contributed by atoms with Crippen molar-refractivity contribution in [1.29, 1.82) is 0 Å². The Balaban J connectivity index is 2.48. The van der Waals surface area contributed by atoms with Crippen LogP contribution in [0, 0.1) is 5.92 Å². The quantitative estimate of drug-likeness (QED) is 0.392. The van der Waals surface area contributed by atoms with Crippen molar-refractivity contribution in [3.8, 4) is 0 Å². The fourth-order valence-electron chi connectivity index (χ4n) is 3.26. The Morgan fingerprint density at radius 2 is 1.71 bits per heavy atom. The van der Waals surface area contributed by atoms with Crippen LogP contribution in [0.4, 0.5) is 0 Å². The van der Waals surface area contributed by atoms with Gasteiger partial charge >= 0.3 is 17.9 Å². The first kappa shape index (κ1) is 17.8. The van der Waals surface area contributed by atoms with Crippen LogP contribution in [0.5, 0.6) is 0 Å². The zero-order chi connectivity index (χ0) is 18.1. The van der Waals surface area contributed by atoms with Gasteiger partial charge < -0.3 is 18.9 Å². The Kier molecular flexibility index (Phi) is 4.81. The highest BCUT2D eigenvalue weighted by Crippen LogP contribution is 2.45. The molecule has 2 unspecified atom stereocenters. The summed E-state index contributed by atoms with van der Waals surface area (Å²) in [5.41, 5.74) is -1.94. The van der Waals surface area contributed by atoms with Crippen LogP contribution in [0.25, 0.3) is 0 Å². The van der Waals surface area contributed by atoms with E-state index in [1.54, 1.807) is 0 Å². The Morgan fingerprint density at radius 3 is 2.17 bits per heavy atom. The molecule has 132 valence electrons. The van der Waals surface area contributed by atoms with Crippen LogP contribution in [0.2, 0.25) is 0 Å². The lowest BCUT2D eigenvalue weighted by molar-refractivity contribution is -0.181. The zero-order valence-electron chi connectivity index (χ0n) is 13.9. The Labute approximate surface area is 138 Å². The fourth-order valence-corrected chi connectivity index (χ4v) is 3.26. The Hall–Kier alpha value is -2.58. The molecule has 9 heteroatoms. The molecule has 0 aromatic carbocycles. The maximum atomic E-state index is 12.4. The van der Waals surface area contributed by atoms with Gasteiger partial charge in [-0.15, -0.1) is 0 Å². The molecule has 24 heavy (non-hydrogen) atoms. The largest absolute Gasteiger partial charge is 0.467 e. The maximum absolute atomic E-state index is 12.4. The summed E-state index contributed by atoms with van der Waals surface area (Å²) in [6.45, 7) is 1.20. The van der Waals surface area contributed by atoms with Crippen molar-refractivity contribution in [2.45, 2.75) is 31.5 Å². The van der Waals surface area contributed by atoms with E-state index in [0.29, 0.717) is 6.42 Å². The molecule has 2 atom stereocenters. The molecule has 2 aliphatic rings. The molecule has 0 aliphatic carbocycles. The van der Waals surface area contributed by atoms with Crippen molar-refractivity contribution in [3.05, 3.63) is 11.8 Å². The van der Waals surface area contributed by atoms with Crippen LogP contribution >= 0.6 is 0 Å². The topological polar surface area (TPSA) is 108 Å². The van der Waals surface area contributed by atoms with Crippen molar-refractivity contribution in [2.75, 3.05) is 21.3 Å². The van der Waals surface area contributed by atoms with Gasteiger partial charge in [-0.2, -0.15) is 0 Å². The van der Waals surface area contributed by atoms with E-state index in [1.807, 2.05) is 0 Å². The van der Waals surface area contributed by atoms with Crippen LogP contribution in [0.1, 0.15) is 19.8 Å². The maximum Gasteiger partial charge on any atom is 0.373 e. The van der Waals surface area contributed by atoms with Crippen molar-refractivity contribution >= 4 is 23.8 Å². The summed E-state index contributed by atoms with van der Waals surface area (Å²) in [6, 6.07) is 0. The third-order valence-corrected chi connectivity index (χ3v) is 4.25. The van der Waals surface area contributed by atoms with Crippen LogP contribution in [-0.4, -0.2) is 61.8 Å². The normalized spacial score (nSPS) is 24.2. The van der Waals surface area contributed by atoms with E-state index < -0.39 is 35.6 Å². The summed E-state index contributed by atoms with van der Waals surface area (Å²) in [6.07, 6.45) is 0.839. The van der Waals surface area contributed by atoms with E-state index >= 15 is 0 Å². The minimum atomic E-state index is -1.94. The molecule has 1 fully saturated rings. The monoisotopic (exact) mass is 341 g/mol. The number of esters is 3. The van der Waals surface area contributed by atoms with Gasteiger partial charge in [0, 0.05) is 19.3 Å². The van der Waals surface area contributed by atoms with Gasteiger partial charge in [0.25, 0.3) is 0 Å². The number of carbonyl (C=O) groups is 4. The van der Waals surface area contributed by atoms with Crippen molar-refractivity contribution < 1.29 is 38.1 Å². The van der Waals surface area contributed by atoms with E-state index in [0.717, 1.165) is 19.1 Å². The number of nitrogens with zero attached hydrogens (tertiary/aromatic N) is 1. The number of methoxy groups -OCH3 is 3. The third-order valence-electron chi connectivity index (χ3n) is 4.25. The molecule has 0 N–H and O–H groups in total. The van der Waals surface area contributed by atoms with Crippen molar-refractivity contribution in [2.24, 2.45) is 5.92 Å².